The third-order valence-corrected chi connectivity index (χ3v) is 6.50. The van der Waals surface area contributed by atoms with Crippen molar-refractivity contribution in [1.82, 2.24) is 29.5 Å². The number of fused-ring (bicyclic) bond motifs is 1. The zero-order valence-corrected chi connectivity index (χ0v) is 23.0. The van der Waals surface area contributed by atoms with Crippen LogP contribution < -0.4 is 14.8 Å². The molecule has 0 radical (unpaired) electrons. The van der Waals surface area contributed by atoms with Crippen LogP contribution in [0.5, 0.6) is 11.5 Å². The van der Waals surface area contributed by atoms with E-state index >= 15 is 0 Å². The maximum absolute atomic E-state index is 12.6. The Kier molecular flexibility index (Phi) is 7.02. The molecule has 0 saturated carbocycles. The third kappa shape index (κ3) is 5.45. The van der Waals surface area contributed by atoms with Gasteiger partial charge in [-0.05, 0) is 46.2 Å². The second-order valence-electron chi connectivity index (χ2n) is 10.4. The Bertz CT molecular complexity index is 1480. The first-order valence-corrected chi connectivity index (χ1v) is 12.8. The number of aromatic nitrogens is 5. The topological polar surface area (TPSA) is 129 Å². The van der Waals surface area contributed by atoms with E-state index in [9.17, 15) is 4.79 Å². The second kappa shape index (κ2) is 10.4. The summed E-state index contributed by atoms with van der Waals surface area (Å²) in [6.07, 6.45) is 3.50. The van der Waals surface area contributed by atoms with Crippen LogP contribution in [0, 0.1) is 6.92 Å². The van der Waals surface area contributed by atoms with Gasteiger partial charge in [-0.15, -0.1) is 5.10 Å². The number of aryl methyl sites for hydroxylation is 1. The van der Waals surface area contributed by atoms with Gasteiger partial charge in [-0.2, -0.15) is 4.52 Å². The summed E-state index contributed by atoms with van der Waals surface area (Å²) in [4.78, 5) is 28.3. The number of nitrogens with zero attached hydrogens (tertiary/aromatic N) is 6. The molecule has 1 atom stereocenters. The number of oxazole rings is 1. The lowest BCUT2D eigenvalue weighted by molar-refractivity contribution is 0.0292. The summed E-state index contributed by atoms with van der Waals surface area (Å²) >= 11 is 0. The number of carbonyl (C=O) groups is 1. The molecule has 5 rings (SSSR count). The van der Waals surface area contributed by atoms with Crippen LogP contribution in [0.4, 0.5) is 10.7 Å². The molecular formula is C27H33N7O5. The fourth-order valence-electron chi connectivity index (χ4n) is 4.53. The number of ether oxygens (including phenoxy) is 3. The molecule has 4 heterocycles. The van der Waals surface area contributed by atoms with Crippen LogP contribution in [0.25, 0.3) is 17.2 Å². The number of hydrogen-bond donors (Lipinski definition) is 1. The second-order valence-corrected chi connectivity index (χ2v) is 10.4. The Morgan fingerprint density at radius 3 is 2.72 bits per heavy atom. The first kappa shape index (κ1) is 26.3. The van der Waals surface area contributed by atoms with E-state index in [2.05, 4.69) is 10.3 Å². The molecule has 0 spiro atoms. The molecule has 12 heteroatoms. The van der Waals surface area contributed by atoms with E-state index in [4.69, 9.17) is 33.7 Å². The average Bonchev–Trinajstić information content (AvgIpc) is 3.68. The quantitative estimate of drug-likeness (QED) is 0.362. The van der Waals surface area contributed by atoms with E-state index in [0.717, 1.165) is 17.5 Å². The van der Waals surface area contributed by atoms with Crippen molar-refractivity contribution in [2.75, 3.05) is 32.6 Å². The van der Waals surface area contributed by atoms with Crippen LogP contribution in [0.3, 0.4) is 0 Å². The van der Waals surface area contributed by atoms with Crippen LogP contribution in [0.1, 0.15) is 50.1 Å². The number of methoxy groups -OCH3 is 2. The van der Waals surface area contributed by atoms with Gasteiger partial charge in [-0.25, -0.2) is 19.7 Å². The number of likely N-dealkylation sites (tertiary alicyclic amines) is 1. The Morgan fingerprint density at radius 1 is 1.21 bits per heavy atom. The number of rotatable bonds is 7. The standard InChI is InChI=1S/C27H33N7O5/c1-16-21(24-28-10-12-38-24)30-25(29-14-17-7-8-19(36-5)13-20(17)37-6)34-23(16)31-22(32-34)18-9-11-33(15-18)26(35)39-27(2,3)4/h7-8,10,12-13,18H,9,11,14-15H2,1-6H3,(H,29,30). The van der Waals surface area contributed by atoms with Crippen molar-refractivity contribution in [3.05, 3.63) is 47.6 Å². The Balaban J connectivity index is 1.47. The van der Waals surface area contributed by atoms with E-state index in [1.807, 2.05) is 45.9 Å². The molecule has 1 aliphatic rings. The molecular weight excluding hydrogens is 502 g/mol. The highest BCUT2D eigenvalue weighted by Gasteiger charge is 2.33. The maximum atomic E-state index is 12.6. The summed E-state index contributed by atoms with van der Waals surface area (Å²) in [5, 5.41) is 8.21. The molecule has 1 saturated heterocycles. The van der Waals surface area contributed by atoms with Gasteiger partial charge in [0.15, 0.2) is 11.5 Å². The third-order valence-electron chi connectivity index (χ3n) is 6.50. The summed E-state index contributed by atoms with van der Waals surface area (Å²) in [6, 6.07) is 5.64. The van der Waals surface area contributed by atoms with Gasteiger partial charge >= 0.3 is 6.09 Å². The van der Waals surface area contributed by atoms with E-state index in [0.29, 0.717) is 60.1 Å². The molecule has 0 aliphatic carbocycles. The summed E-state index contributed by atoms with van der Waals surface area (Å²) in [5.41, 5.74) is 2.34. The van der Waals surface area contributed by atoms with Crippen molar-refractivity contribution in [3.8, 4) is 23.1 Å². The van der Waals surface area contributed by atoms with Gasteiger partial charge in [0.1, 0.15) is 29.1 Å². The molecule has 39 heavy (non-hydrogen) atoms. The molecule has 1 amide bonds. The molecule has 206 valence electrons. The summed E-state index contributed by atoms with van der Waals surface area (Å²) in [6.45, 7) is 8.97. The Hall–Kier alpha value is -4.35. The number of nitrogens with one attached hydrogen (secondary N) is 1. The fraction of sp³-hybridized carbons (Fsp3) is 0.444. The SMILES string of the molecule is COc1ccc(CNc2nc(-c3ncco3)c(C)c3nc(C4CCN(C(=O)OC(C)(C)C)C4)nn23)c(OC)c1. The maximum Gasteiger partial charge on any atom is 0.410 e. The summed E-state index contributed by atoms with van der Waals surface area (Å²) in [7, 11) is 3.23. The van der Waals surface area contributed by atoms with Crippen molar-refractivity contribution in [2.45, 2.75) is 52.2 Å². The van der Waals surface area contributed by atoms with E-state index in [1.165, 1.54) is 6.26 Å². The lowest BCUT2D eigenvalue weighted by Crippen LogP contribution is -2.35. The summed E-state index contributed by atoms with van der Waals surface area (Å²) in [5.74, 6) is 2.86. The predicted molar refractivity (Wildman–Crippen MR) is 143 cm³/mol. The van der Waals surface area contributed by atoms with Gasteiger partial charge in [-0.3, -0.25) is 0 Å². The van der Waals surface area contributed by atoms with Gasteiger partial charge in [0.05, 0.1) is 20.4 Å². The molecule has 4 aromatic rings. The van der Waals surface area contributed by atoms with Crippen LogP contribution in [0.2, 0.25) is 0 Å². The van der Waals surface area contributed by atoms with Crippen LogP contribution in [-0.2, 0) is 11.3 Å². The molecule has 1 unspecified atom stereocenters. The summed E-state index contributed by atoms with van der Waals surface area (Å²) < 4.78 is 23.7. The van der Waals surface area contributed by atoms with Crippen LogP contribution in [-0.4, -0.2) is 68.5 Å². The van der Waals surface area contributed by atoms with E-state index < -0.39 is 5.60 Å². The first-order chi connectivity index (χ1) is 18.7. The van der Waals surface area contributed by atoms with E-state index in [1.54, 1.807) is 29.8 Å². The molecule has 3 aromatic heterocycles. The number of hydrogen-bond acceptors (Lipinski definition) is 10. The molecule has 1 aliphatic heterocycles. The molecule has 1 aromatic carbocycles. The van der Waals surface area contributed by atoms with Crippen LogP contribution >= 0.6 is 0 Å². The number of anilines is 1. The number of carbonyl (C=O) groups excluding carboxylic acids is 1. The minimum Gasteiger partial charge on any atom is -0.497 e. The lowest BCUT2D eigenvalue weighted by atomic mass is 10.1. The van der Waals surface area contributed by atoms with Crippen molar-refractivity contribution < 1.29 is 23.4 Å². The number of benzene rings is 1. The molecule has 1 N–H and O–H groups in total. The van der Waals surface area contributed by atoms with Gasteiger partial charge in [-0.1, -0.05) is 0 Å². The highest BCUT2D eigenvalue weighted by molar-refractivity contribution is 5.69. The zero-order valence-electron chi connectivity index (χ0n) is 23.0. The molecule has 1 fully saturated rings. The Labute approximate surface area is 226 Å². The van der Waals surface area contributed by atoms with Crippen LogP contribution in [0.15, 0.2) is 35.1 Å². The lowest BCUT2D eigenvalue weighted by Gasteiger charge is -2.24. The average molecular weight is 536 g/mol. The zero-order chi connectivity index (χ0) is 27.7. The van der Waals surface area contributed by atoms with Gasteiger partial charge in [0.25, 0.3) is 0 Å². The van der Waals surface area contributed by atoms with Gasteiger partial charge in [0, 0.05) is 42.7 Å². The first-order valence-electron chi connectivity index (χ1n) is 12.8. The van der Waals surface area contributed by atoms with Crippen molar-refractivity contribution >= 4 is 17.7 Å². The minimum atomic E-state index is -0.553. The van der Waals surface area contributed by atoms with Crippen molar-refractivity contribution in [3.63, 3.8) is 0 Å². The fourth-order valence-corrected chi connectivity index (χ4v) is 4.53. The van der Waals surface area contributed by atoms with Gasteiger partial charge in [0.2, 0.25) is 11.8 Å². The predicted octanol–water partition coefficient (Wildman–Crippen LogP) is 4.44. The van der Waals surface area contributed by atoms with Crippen molar-refractivity contribution in [1.29, 1.82) is 0 Å². The molecule has 12 nitrogen and oxygen atoms in total. The Morgan fingerprint density at radius 2 is 2.03 bits per heavy atom. The molecule has 0 bridgehead atoms. The minimum absolute atomic E-state index is 0.0310. The normalized spacial score (nSPS) is 15.5. The van der Waals surface area contributed by atoms with E-state index in [-0.39, 0.29) is 12.0 Å². The highest BCUT2D eigenvalue weighted by Crippen LogP contribution is 2.31. The monoisotopic (exact) mass is 535 g/mol. The van der Waals surface area contributed by atoms with Crippen molar-refractivity contribution in [2.24, 2.45) is 0 Å². The smallest absolute Gasteiger partial charge is 0.410 e. The largest absolute Gasteiger partial charge is 0.497 e. The highest BCUT2D eigenvalue weighted by atomic mass is 16.6. The van der Waals surface area contributed by atoms with Gasteiger partial charge < -0.3 is 28.8 Å². The number of amides is 1.